The average Bonchev–Trinajstić information content (AvgIpc) is 2.67. The van der Waals surface area contributed by atoms with Gasteiger partial charge in [0.2, 0.25) is 0 Å². The lowest BCUT2D eigenvalue weighted by molar-refractivity contribution is 0.252. The summed E-state index contributed by atoms with van der Waals surface area (Å²) in [6, 6.07) is 17.1. The second-order valence-electron chi connectivity index (χ2n) is 6.21. The van der Waals surface area contributed by atoms with Gasteiger partial charge < -0.3 is 4.74 Å². The molecular formula is C19H24N2O3S. The Hall–Kier alpha value is -1.89. The van der Waals surface area contributed by atoms with Crippen molar-refractivity contribution in [3.05, 3.63) is 65.7 Å². The molecule has 0 spiro atoms. The van der Waals surface area contributed by atoms with Crippen LogP contribution in [0.4, 0.5) is 0 Å². The quantitative estimate of drug-likeness (QED) is 0.860. The van der Waals surface area contributed by atoms with Crippen LogP contribution in [0, 0.1) is 0 Å². The van der Waals surface area contributed by atoms with Crippen LogP contribution in [0.15, 0.2) is 54.6 Å². The zero-order valence-corrected chi connectivity index (χ0v) is 15.2. The maximum absolute atomic E-state index is 12.9. The summed E-state index contributed by atoms with van der Waals surface area (Å²) in [5.41, 5.74) is 1.95. The van der Waals surface area contributed by atoms with Crippen LogP contribution < -0.4 is 9.46 Å². The molecule has 1 saturated heterocycles. The van der Waals surface area contributed by atoms with E-state index in [0.717, 1.165) is 36.1 Å². The lowest BCUT2D eigenvalue weighted by Crippen LogP contribution is -2.44. The Morgan fingerprint density at radius 2 is 1.80 bits per heavy atom. The Labute approximate surface area is 149 Å². The van der Waals surface area contributed by atoms with Gasteiger partial charge in [0.25, 0.3) is 10.2 Å². The molecule has 2 aromatic rings. The van der Waals surface area contributed by atoms with Crippen molar-refractivity contribution in [3.63, 3.8) is 0 Å². The second-order valence-corrected chi connectivity index (χ2v) is 7.92. The summed E-state index contributed by atoms with van der Waals surface area (Å²) in [6.07, 6.45) is 2.75. The smallest absolute Gasteiger partial charge is 0.280 e. The van der Waals surface area contributed by atoms with E-state index in [1.807, 2.05) is 54.6 Å². The molecule has 0 radical (unpaired) electrons. The molecule has 2 aromatic carbocycles. The van der Waals surface area contributed by atoms with E-state index >= 15 is 0 Å². The van der Waals surface area contributed by atoms with E-state index in [2.05, 4.69) is 4.72 Å². The SMILES string of the molecule is COc1ccc(C2CCCCN2S(=O)(=O)NCc2ccccc2)cc1. The molecule has 134 valence electrons. The molecule has 0 bridgehead atoms. The summed E-state index contributed by atoms with van der Waals surface area (Å²) >= 11 is 0. The van der Waals surface area contributed by atoms with E-state index in [4.69, 9.17) is 4.74 Å². The van der Waals surface area contributed by atoms with Crippen molar-refractivity contribution < 1.29 is 13.2 Å². The highest BCUT2D eigenvalue weighted by atomic mass is 32.2. The molecule has 1 unspecified atom stereocenters. The first-order valence-corrected chi connectivity index (χ1v) is 9.98. The number of piperidine rings is 1. The minimum atomic E-state index is -3.54. The van der Waals surface area contributed by atoms with Gasteiger partial charge in [0, 0.05) is 13.1 Å². The predicted molar refractivity (Wildman–Crippen MR) is 98.5 cm³/mol. The van der Waals surface area contributed by atoms with Crippen LogP contribution in [-0.2, 0) is 16.8 Å². The minimum Gasteiger partial charge on any atom is -0.497 e. The fourth-order valence-electron chi connectivity index (χ4n) is 3.21. The molecule has 1 fully saturated rings. The minimum absolute atomic E-state index is 0.132. The normalized spacial score (nSPS) is 18.8. The third-order valence-electron chi connectivity index (χ3n) is 4.56. The van der Waals surface area contributed by atoms with Gasteiger partial charge in [0.1, 0.15) is 5.75 Å². The number of ether oxygens (including phenoxy) is 1. The molecule has 5 nitrogen and oxygen atoms in total. The summed E-state index contributed by atoms with van der Waals surface area (Å²) in [6.45, 7) is 0.843. The molecule has 1 aliphatic heterocycles. The van der Waals surface area contributed by atoms with Gasteiger partial charge >= 0.3 is 0 Å². The highest BCUT2D eigenvalue weighted by molar-refractivity contribution is 7.87. The topological polar surface area (TPSA) is 58.6 Å². The van der Waals surface area contributed by atoms with Crippen LogP contribution in [-0.4, -0.2) is 26.4 Å². The lowest BCUT2D eigenvalue weighted by atomic mass is 9.97. The number of hydrogen-bond donors (Lipinski definition) is 1. The first-order chi connectivity index (χ1) is 12.1. The average molecular weight is 360 g/mol. The molecule has 0 saturated carbocycles. The Bertz CT molecular complexity index is 776. The van der Waals surface area contributed by atoms with Crippen LogP contribution >= 0.6 is 0 Å². The second kappa shape index (κ2) is 7.99. The lowest BCUT2D eigenvalue weighted by Gasteiger charge is -2.35. The standard InChI is InChI=1S/C19H24N2O3S/c1-24-18-12-10-17(11-13-18)19-9-5-6-14-21(19)25(22,23)20-15-16-7-3-2-4-8-16/h2-4,7-8,10-13,19-20H,5-6,9,14-15H2,1H3. The van der Waals surface area contributed by atoms with E-state index < -0.39 is 10.2 Å². The fourth-order valence-corrected chi connectivity index (χ4v) is 4.65. The van der Waals surface area contributed by atoms with Gasteiger partial charge in [-0.25, -0.2) is 0 Å². The summed E-state index contributed by atoms with van der Waals surface area (Å²) in [7, 11) is -1.92. The van der Waals surface area contributed by atoms with Crippen molar-refractivity contribution in [1.82, 2.24) is 9.03 Å². The molecule has 0 aromatic heterocycles. The molecule has 1 heterocycles. The maximum Gasteiger partial charge on any atom is 0.280 e. The van der Waals surface area contributed by atoms with Gasteiger partial charge in [0.05, 0.1) is 13.2 Å². The van der Waals surface area contributed by atoms with Gasteiger partial charge in [-0.05, 0) is 36.1 Å². The third kappa shape index (κ3) is 4.39. The molecule has 6 heteroatoms. The highest BCUT2D eigenvalue weighted by Gasteiger charge is 2.33. The van der Waals surface area contributed by atoms with E-state index in [1.165, 1.54) is 0 Å². The van der Waals surface area contributed by atoms with Gasteiger partial charge in [-0.2, -0.15) is 17.4 Å². The van der Waals surface area contributed by atoms with Gasteiger partial charge in [0.15, 0.2) is 0 Å². The first kappa shape index (κ1) is 17.9. The highest BCUT2D eigenvalue weighted by Crippen LogP contribution is 2.33. The van der Waals surface area contributed by atoms with Crippen LogP contribution in [0.2, 0.25) is 0 Å². The van der Waals surface area contributed by atoms with Crippen LogP contribution in [0.25, 0.3) is 0 Å². The molecule has 25 heavy (non-hydrogen) atoms. The van der Waals surface area contributed by atoms with Gasteiger partial charge in [-0.15, -0.1) is 0 Å². The van der Waals surface area contributed by atoms with E-state index in [9.17, 15) is 8.42 Å². The van der Waals surface area contributed by atoms with Crippen molar-refractivity contribution >= 4 is 10.2 Å². The first-order valence-electron chi connectivity index (χ1n) is 8.54. The van der Waals surface area contributed by atoms with Crippen molar-refractivity contribution in [2.75, 3.05) is 13.7 Å². The van der Waals surface area contributed by atoms with Gasteiger partial charge in [-0.3, -0.25) is 0 Å². The van der Waals surface area contributed by atoms with E-state index in [1.54, 1.807) is 11.4 Å². The molecule has 0 amide bonds. The monoisotopic (exact) mass is 360 g/mol. The van der Waals surface area contributed by atoms with Crippen LogP contribution in [0.1, 0.15) is 36.4 Å². The number of nitrogens with one attached hydrogen (secondary N) is 1. The Morgan fingerprint density at radius 1 is 1.08 bits per heavy atom. The molecule has 0 aliphatic carbocycles. The predicted octanol–water partition coefficient (Wildman–Crippen LogP) is 3.26. The number of benzene rings is 2. The van der Waals surface area contributed by atoms with Gasteiger partial charge in [-0.1, -0.05) is 48.9 Å². The Morgan fingerprint density at radius 3 is 2.48 bits per heavy atom. The molecule has 3 rings (SSSR count). The maximum atomic E-state index is 12.9. The Balaban J connectivity index is 1.76. The summed E-state index contributed by atoms with van der Waals surface area (Å²) in [5.74, 6) is 0.774. The summed E-state index contributed by atoms with van der Waals surface area (Å²) in [4.78, 5) is 0. The van der Waals surface area contributed by atoms with Crippen molar-refractivity contribution in [1.29, 1.82) is 0 Å². The number of rotatable bonds is 6. The van der Waals surface area contributed by atoms with Crippen LogP contribution in [0.3, 0.4) is 0 Å². The van der Waals surface area contributed by atoms with Crippen molar-refractivity contribution in [3.8, 4) is 5.75 Å². The number of hydrogen-bond acceptors (Lipinski definition) is 3. The molecule has 1 N–H and O–H groups in total. The largest absolute Gasteiger partial charge is 0.497 e. The zero-order chi connectivity index (χ0) is 17.7. The third-order valence-corrected chi connectivity index (χ3v) is 6.13. The molecule has 1 aliphatic rings. The van der Waals surface area contributed by atoms with E-state index in [-0.39, 0.29) is 6.04 Å². The molecular weight excluding hydrogens is 336 g/mol. The summed E-state index contributed by atoms with van der Waals surface area (Å²) in [5, 5.41) is 0. The molecule has 1 atom stereocenters. The number of methoxy groups -OCH3 is 1. The number of nitrogens with zero attached hydrogens (tertiary/aromatic N) is 1. The zero-order valence-electron chi connectivity index (χ0n) is 14.4. The van der Waals surface area contributed by atoms with Crippen molar-refractivity contribution in [2.24, 2.45) is 0 Å². The fraction of sp³-hybridized carbons (Fsp3) is 0.368. The Kier molecular flexibility index (Phi) is 5.73. The van der Waals surface area contributed by atoms with Crippen molar-refractivity contribution in [2.45, 2.75) is 31.8 Å². The van der Waals surface area contributed by atoms with Crippen LogP contribution in [0.5, 0.6) is 5.75 Å². The summed E-state index contributed by atoms with van der Waals surface area (Å²) < 4.78 is 35.2. The van der Waals surface area contributed by atoms with E-state index in [0.29, 0.717) is 13.1 Å².